The van der Waals surface area contributed by atoms with E-state index >= 15 is 0 Å². The van der Waals surface area contributed by atoms with Crippen LogP contribution in [-0.2, 0) is 0 Å². The summed E-state index contributed by atoms with van der Waals surface area (Å²) in [5.41, 5.74) is 2.97. The number of rotatable bonds is 3. The predicted molar refractivity (Wildman–Crippen MR) is 78.5 cm³/mol. The lowest BCUT2D eigenvalue weighted by molar-refractivity contribution is 0.0955. The second-order valence-corrected chi connectivity index (χ2v) is 6.28. The van der Waals surface area contributed by atoms with E-state index in [1.54, 1.807) is 30.5 Å². The van der Waals surface area contributed by atoms with Gasteiger partial charge in [-0.25, -0.2) is 5.43 Å². The number of thiophene rings is 1. The molecule has 0 aliphatic carbocycles. The molecule has 0 saturated carbocycles. The first-order chi connectivity index (χ1) is 8.65. The Balaban J connectivity index is 1.96. The molecule has 6 heteroatoms. The fourth-order valence-corrected chi connectivity index (χ4v) is 2.64. The minimum absolute atomic E-state index is 0.265. The van der Waals surface area contributed by atoms with Gasteiger partial charge >= 0.3 is 0 Å². The highest BCUT2D eigenvalue weighted by molar-refractivity contribution is 9.11. The van der Waals surface area contributed by atoms with E-state index in [4.69, 9.17) is 11.6 Å². The zero-order chi connectivity index (χ0) is 13.0. The lowest BCUT2D eigenvalue weighted by Gasteiger charge is -1.98. The lowest BCUT2D eigenvalue weighted by atomic mass is 10.2. The summed E-state index contributed by atoms with van der Waals surface area (Å²) in [6.45, 7) is 0. The molecule has 0 aliphatic rings. The Kier molecular flexibility index (Phi) is 4.52. The maximum Gasteiger partial charge on any atom is 0.271 e. The summed E-state index contributed by atoms with van der Waals surface area (Å²) in [5, 5.41) is 4.48. The van der Waals surface area contributed by atoms with Gasteiger partial charge in [0.25, 0.3) is 5.91 Å². The van der Waals surface area contributed by atoms with Gasteiger partial charge in [-0.2, -0.15) is 5.10 Å². The van der Waals surface area contributed by atoms with Gasteiger partial charge in [0.1, 0.15) is 0 Å². The topological polar surface area (TPSA) is 41.5 Å². The Morgan fingerprint density at radius 1 is 1.28 bits per heavy atom. The molecule has 0 radical (unpaired) electrons. The molecule has 0 aliphatic heterocycles. The van der Waals surface area contributed by atoms with Crippen molar-refractivity contribution in [2.75, 3.05) is 0 Å². The van der Waals surface area contributed by atoms with Crippen LogP contribution in [0, 0.1) is 0 Å². The number of hydrogen-bond donors (Lipinski definition) is 1. The van der Waals surface area contributed by atoms with Crippen molar-refractivity contribution in [2.24, 2.45) is 5.10 Å². The Morgan fingerprint density at radius 3 is 2.61 bits per heavy atom. The van der Waals surface area contributed by atoms with Crippen LogP contribution in [0.15, 0.2) is 45.3 Å². The van der Waals surface area contributed by atoms with E-state index in [9.17, 15) is 4.79 Å². The van der Waals surface area contributed by atoms with E-state index in [1.165, 1.54) is 11.3 Å². The van der Waals surface area contributed by atoms with Crippen molar-refractivity contribution >= 4 is 51.0 Å². The summed E-state index contributed by atoms with van der Waals surface area (Å²) < 4.78 is 1.02. The molecule has 1 aromatic heterocycles. The number of amides is 1. The summed E-state index contributed by atoms with van der Waals surface area (Å²) in [5.74, 6) is -0.265. The van der Waals surface area contributed by atoms with Gasteiger partial charge in [-0.05, 0) is 52.3 Å². The van der Waals surface area contributed by atoms with Crippen LogP contribution in [0.2, 0.25) is 5.02 Å². The summed E-state index contributed by atoms with van der Waals surface area (Å²) in [7, 11) is 0. The zero-order valence-electron chi connectivity index (χ0n) is 9.06. The van der Waals surface area contributed by atoms with Gasteiger partial charge < -0.3 is 0 Å². The fourth-order valence-electron chi connectivity index (χ4n) is 1.22. The molecule has 0 spiro atoms. The van der Waals surface area contributed by atoms with Crippen molar-refractivity contribution in [3.05, 3.63) is 55.6 Å². The van der Waals surface area contributed by atoms with E-state index in [-0.39, 0.29) is 5.91 Å². The second kappa shape index (κ2) is 6.13. The van der Waals surface area contributed by atoms with Crippen LogP contribution in [0.3, 0.4) is 0 Å². The van der Waals surface area contributed by atoms with Crippen LogP contribution >= 0.6 is 38.9 Å². The molecule has 1 heterocycles. The molecule has 0 bridgehead atoms. The van der Waals surface area contributed by atoms with E-state index < -0.39 is 0 Å². The van der Waals surface area contributed by atoms with Gasteiger partial charge in [-0.15, -0.1) is 11.3 Å². The highest BCUT2D eigenvalue weighted by Gasteiger charge is 2.03. The number of hydrazone groups is 1. The van der Waals surface area contributed by atoms with Crippen LogP contribution in [-0.4, -0.2) is 12.1 Å². The summed E-state index contributed by atoms with van der Waals surface area (Å²) >= 11 is 10.6. The van der Waals surface area contributed by atoms with E-state index in [2.05, 4.69) is 26.5 Å². The SMILES string of the molecule is O=C(N/N=C\c1ccc(Br)s1)c1ccc(Cl)cc1. The zero-order valence-corrected chi connectivity index (χ0v) is 12.2. The number of carbonyl (C=O) groups excluding carboxylic acids is 1. The summed E-state index contributed by atoms with van der Waals surface area (Å²) in [6, 6.07) is 10.5. The predicted octanol–water partition coefficient (Wildman–Crippen LogP) is 3.93. The van der Waals surface area contributed by atoms with Crippen molar-refractivity contribution < 1.29 is 4.79 Å². The molecule has 0 saturated heterocycles. The Morgan fingerprint density at radius 2 is 2.00 bits per heavy atom. The van der Waals surface area contributed by atoms with E-state index in [0.717, 1.165) is 8.66 Å². The molecule has 1 N–H and O–H groups in total. The third-order valence-electron chi connectivity index (χ3n) is 2.06. The molecule has 2 aromatic rings. The molecule has 3 nitrogen and oxygen atoms in total. The molecular formula is C12H8BrClN2OS. The largest absolute Gasteiger partial charge is 0.271 e. The van der Waals surface area contributed by atoms with Crippen molar-refractivity contribution in [2.45, 2.75) is 0 Å². The molecule has 0 fully saturated rings. The average molecular weight is 344 g/mol. The van der Waals surface area contributed by atoms with Crippen LogP contribution in [0.1, 0.15) is 15.2 Å². The monoisotopic (exact) mass is 342 g/mol. The maximum absolute atomic E-state index is 11.7. The van der Waals surface area contributed by atoms with Crippen LogP contribution in [0.25, 0.3) is 0 Å². The molecule has 92 valence electrons. The van der Waals surface area contributed by atoms with E-state index in [1.807, 2.05) is 12.1 Å². The number of carbonyl (C=O) groups is 1. The lowest BCUT2D eigenvalue weighted by Crippen LogP contribution is -2.17. The smallest absolute Gasteiger partial charge is 0.267 e. The first-order valence-electron chi connectivity index (χ1n) is 4.99. The van der Waals surface area contributed by atoms with Crippen molar-refractivity contribution in [1.82, 2.24) is 5.43 Å². The van der Waals surface area contributed by atoms with Gasteiger partial charge in [0.05, 0.1) is 10.0 Å². The molecule has 0 unspecified atom stereocenters. The first kappa shape index (κ1) is 13.3. The van der Waals surface area contributed by atoms with Crippen molar-refractivity contribution in [1.29, 1.82) is 0 Å². The number of benzene rings is 1. The Labute approximate surface area is 122 Å². The minimum Gasteiger partial charge on any atom is -0.267 e. The number of halogens is 2. The highest BCUT2D eigenvalue weighted by atomic mass is 79.9. The third kappa shape index (κ3) is 3.66. The molecule has 1 aromatic carbocycles. The highest BCUT2D eigenvalue weighted by Crippen LogP contribution is 2.20. The summed E-state index contributed by atoms with van der Waals surface area (Å²) in [4.78, 5) is 12.6. The Hall–Kier alpha value is -1.17. The molecule has 1 amide bonds. The molecule has 2 rings (SSSR count). The van der Waals surface area contributed by atoms with Gasteiger partial charge in [0.15, 0.2) is 0 Å². The van der Waals surface area contributed by atoms with Crippen molar-refractivity contribution in [3.63, 3.8) is 0 Å². The average Bonchev–Trinajstić information content (AvgIpc) is 2.76. The van der Waals surface area contributed by atoms with Crippen LogP contribution < -0.4 is 5.43 Å². The number of hydrogen-bond acceptors (Lipinski definition) is 3. The van der Waals surface area contributed by atoms with Gasteiger partial charge in [-0.1, -0.05) is 11.6 Å². The minimum atomic E-state index is -0.265. The molecular weight excluding hydrogens is 336 g/mol. The quantitative estimate of drug-likeness (QED) is 0.666. The second-order valence-electron chi connectivity index (χ2n) is 3.35. The molecule has 18 heavy (non-hydrogen) atoms. The third-order valence-corrected chi connectivity index (χ3v) is 3.87. The standard InChI is InChI=1S/C12H8BrClN2OS/c13-11-6-5-10(18-11)7-15-16-12(17)8-1-3-9(14)4-2-8/h1-7H,(H,16,17)/b15-7-. The Bertz CT molecular complexity index is 580. The fraction of sp³-hybridized carbons (Fsp3) is 0. The number of nitrogens with zero attached hydrogens (tertiary/aromatic N) is 1. The van der Waals surface area contributed by atoms with Gasteiger partial charge in [0, 0.05) is 15.5 Å². The van der Waals surface area contributed by atoms with Crippen LogP contribution in [0.4, 0.5) is 0 Å². The van der Waals surface area contributed by atoms with Gasteiger partial charge in [-0.3, -0.25) is 4.79 Å². The van der Waals surface area contributed by atoms with Crippen molar-refractivity contribution in [3.8, 4) is 0 Å². The normalized spacial score (nSPS) is 10.8. The van der Waals surface area contributed by atoms with Crippen LogP contribution in [0.5, 0.6) is 0 Å². The first-order valence-corrected chi connectivity index (χ1v) is 6.98. The van der Waals surface area contributed by atoms with Gasteiger partial charge in [0.2, 0.25) is 0 Å². The number of nitrogens with one attached hydrogen (secondary N) is 1. The summed E-state index contributed by atoms with van der Waals surface area (Å²) in [6.07, 6.45) is 1.60. The molecule has 0 atom stereocenters. The maximum atomic E-state index is 11.7. The van der Waals surface area contributed by atoms with E-state index in [0.29, 0.717) is 10.6 Å².